The Bertz CT molecular complexity index is 771. The van der Waals surface area contributed by atoms with E-state index in [4.69, 9.17) is 9.47 Å². The predicted octanol–water partition coefficient (Wildman–Crippen LogP) is 2.66. The minimum Gasteiger partial charge on any atom is -0.486 e. The van der Waals surface area contributed by atoms with Crippen molar-refractivity contribution in [3.8, 4) is 11.5 Å². The quantitative estimate of drug-likeness (QED) is 0.929. The van der Waals surface area contributed by atoms with Crippen LogP contribution in [-0.4, -0.2) is 41.7 Å². The summed E-state index contributed by atoms with van der Waals surface area (Å²) in [5.74, 6) is 1.44. The van der Waals surface area contributed by atoms with E-state index in [9.17, 15) is 4.79 Å². The maximum Gasteiger partial charge on any atom is 0.225 e. The summed E-state index contributed by atoms with van der Waals surface area (Å²) in [5.41, 5.74) is 2.06. The van der Waals surface area contributed by atoms with E-state index in [2.05, 4.69) is 40.0 Å². The molecular formula is C19H23N3O3. The number of amides is 1. The number of rotatable bonds is 4. The highest BCUT2D eigenvalue weighted by atomic mass is 16.6. The van der Waals surface area contributed by atoms with Gasteiger partial charge in [0.05, 0.1) is 0 Å². The van der Waals surface area contributed by atoms with Gasteiger partial charge in [-0.05, 0) is 31.2 Å². The SMILES string of the molecule is C[C@@H]1c2cccn2CCN1CCC(=O)Nc1ccc2c(c1)OCCO2. The fraction of sp³-hybridized carbons (Fsp3) is 0.421. The summed E-state index contributed by atoms with van der Waals surface area (Å²) in [5, 5.41) is 2.95. The largest absolute Gasteiger partial charge is 0.486 e. The molecule has 3 heterocycles. The molecule has 0 bridgehead atoms. The molecular weight excluding hydrogens is 318 g/mol. The van der Waals surface area contributed by atoms with Gasteiger partial charge in [-0.1, -0.05) is 0 Å². The molecule has 132 valence electrons. The van der Waals surface area contributed by atoms with Gasteiger partial charge in [-0.3, -0.25) is 9.69 Å². The van der Waals surface area contributed by atoms with Crippen LogP contribution < -0.4 is 14.8 Å². The van der Waals surface area contributed by atoms with E-state index in [1.54, 1.807) is 0 Å². The van der Waals surface area contributed by atoms with E-state index < -0.39 is 0 Å². The molecule has 0 saturated carbocycles. The van der Waals surface area contributed by atoms with Gasteiger partial charge in [-0.2, -0.15) is 0 Å². The summed E-state index contributed by atoms with van der Waals surface area (Å²) in [6, 6.07) is 10.1. The number of aromatic nitrogens is 1. The van der Waals surface area contributed by atoms with Gasteiger partial charge in [0.1, 0.15) is 13.2 Å². The van der Waals surface area contributed by atoms with Crippen molar-refractivity contribution < 1.29 is 14.3 Å². The Kier molecular flexibility index (Phi) is 4.36. The van der Waals surface area contributed by atoms with Gasteiger partial charge in [0, 0.05) is 55.7 Å². The van der Waals surface area contributed by atoms with E-state index in [0.29, 0.717) is 31.4 Å². The molecule has 1 aromatic heterocycles. The monoisotopic (exact) mass is 341 g/mol. The molecule has 1 atom stereocenters. The minimum absolute atomic E-state index is 0.0184. The van der Waals surface area contributed by atoms with E-state index in [1.807, 2.05) is 18.2 Å². The summed E-state index contributed by atoms with van der Waals surface area (Å²) in [6.07, 6.45) is 2.59. The zero-order valence-electron chi connectivity index (χ0n) is 14.4. The third-order valence-electron chi connectivity index (χ3n) is 4.92. The second kappa shape index (κ2) is 6.80. The van der Waals surface area contributed by atoms with Gasteiger partial charge in [0.25, 0.3) is 0 Å². The Morgan fingerprint density at radius 3 is 2.92 bits per heavy atom. The second-order valence-corrected chi connectivity index (χ2v) is 6.50. The molecule has 4 rings (SSSR count). The average molecular weight is 341 g/mol. The van der Waals surface area contributed by atoms with Crippen molar-refractivity contribution in [3.63, 3.8) is 0 Å². The molecule has 0 unspecified atom stereocenters. The van der Waals surface area contributed by atoms with Gasteiger partial charge >= 0.3 is 0 Å². The van der Waals surface area contributed by atoms with Gasteiger partial charge in [0.15, 0.2) is 11.5 Å². The predicted molar refractivity (Wildman–Crippen MR) is 95.1 cm³/mol. The first-order valence-corrected chi connectivity index (χ1v) is 8.79. The van der Waals surface area contributed by atoms with Crippen LogP contribution in [0.25, 0.3) is 0 Å². The first kappa shape index (κ1) is 16.0. The van der Waals surface area contributed by atoms with Crippen LogP contribution in [0.3, 0.4) is 0 Å². The fourth-order valence-electron chi connectivity index (χ4n) is 3.52. The molecule has 0 spiro atoms. The van der Waals surface area contributed by atoms with Gasteiger partial charge in [-0.25, -0.2) is 0 Å². The lowest BCUT2D eigenvalue weighted by Gasteiger charge is -2.34. The average Bonchev–Trinajstić information content (AvgIpc) is 3.11. The van der Waals surface area contributed by atoms with Crippen LogP contribution >= 0.6 is 0 Å². The lowest BCUT2D eigenvalue weighted by molar-refractivity contribution is -0.116. The lowest BCUT2D eigenvalue weighted by Crippen LogP contribution is -2.38. The van der Waals surface area contributed by atoms with Gasteiger partial charge in [0.2, 0.25) is 5.91 Å². The Morgan fingerprint density at radius 2 is 2.04 bits per heavy atom. The molecule has 0 fully saturated rings. The molecule has 1 aromatic carbocycles. The maximum atomic E-state index is 12.3. The zero-order valence-corrected chi connectivity index (χ0v) is 14.4. The normalized spacial score (nSPS) is 19.3. The Labute approximate surface area is 147 Å². The summed E-state index contributed by atoms with van der Waals surface area (Å²) in [7, 11) is 0. The van der Waals surface area contributed by atoms with Crippen LogP contribution in [0.4, 0.5) is 5.69 Å². The second-order valence-electron chi connectivity index (χ2n) is 6.50. The Morgan fingerprint density at radius 1 is 1.20 bits per heavy atom. The number of benzene rings is 1. The van der Waals surface area contributed by atoms with Crippen molar-refractivity contribution in [1.82, 2.24) is 9.47 Å². The third kappa shape index (κ3) is 3.35. The molecule has 6 heteroatoms. The molecule has 25 heavy (non-hydrogen) atoms. The molecule has 1 N–H and O–H groups in total. The molecule has 0 saturated heterocycles. The number of carbonyl (C=O) groups is 1. The van der Waals surface area contributed by atoms with Crippen molar-refractivity contribution in [3.05, 3.63) is 42.2 Å². The van der Waals surface area contributed by atoms with Crippen molar-refractivity contribution >= 4 is 11.6 Å². The van der Waals surface area contributed by atoms with E-state index in [0.717, 1.165) is 31.1 Å². The molecule has 0 aliphatic carbocycles. The first-order chi connectivity index (χ1) is 12.2. The van der Waals surface area contributed by atoms with E-state index in [1.165, 1.54) is 5.69 Å². The lowest BCUT2D eigenvalue weighted by atomic mass is 10.1. The molecule has 2 aliphatic rings. The van der Waals surface area contributed by atoms with Crippen LogP contribution in [0.1, 0.15) is 25.1 Å². The summed E-state index contributed by atoms with van der Waals surface area (Å²) in [4.78, 5) is 14.7. The minimum atomic E-state index is 0.0184. The van der Waals surface area contributed by atoms with Crippen LogP contribution in [-0.2, 0) is 11.3 Å². The summed E-state index contributed by atoms with van der Waals surface area (Å²) in [6.45, 7) is 6.01. The summed E-state index contributed by atoms with van der Waals surface area (Å²) < 4.78 is 13.3. The Hall–Kier alpha value is -2.47. The van der Waals surface area contributed by atoms with Crippen molar-refractivity contribution in [2.45, 2.75) is 25.9 Å². The summed E-state index contributed by atoms with van der Waals surface area (Å²) >= 11 is 0. The van der Waals surface area contributed by atoms with Gasteiger partial charge in [-0.15, -0.1) is 0 Å². The number of ether oxygens (including phenoxy) is 2. The van der Waals surface area contributed by atoms with Crippen molar-refractivity contribution in [2.24, 2.45) is 0 Å². The maximum absolute atomic E-state index is 12.3. The van der Waals surface area contributed by atoms with E-state index in [-0.39, 0.29) is 5.91 Å². The van der Waals surface area contributed by atoms with Crippen molar-refractivity contribution in [2.75, 3.05) is 31.6 Å². The fourth-order valence-corrected chi connectivity index (χ4v) is 3.52. The number of fused-ring (bicyclic) bond motifs is 2. The molecule has 2 aromatic rings. The number of nitrogens with one attached hydrogen (secondary N) is 1. The number of hydrogen-bond donors (Lipinski definition) is 1. The van der Waals surface area contributed by atoms with Crippen LogP contribution in [0.5, 0.6) is 11.5 Å². The highest BCUT2D eigenvalue weighted by molar-refractivity contribution is 5.91. The zero-order chi connectivity index (χ0) is 17.2. The smallest absolute Gasteiger partial charge is 0.225 e. The number of anilines is 1. The molecule has 2 aliphatic heterocycles. The van der Waals surface area contributed by atoms with Gasteiger partial charge < -0.3 is 19.4 Å². The number of nitrogens with zero attached hydrogens (tertiary/aromatic N) is 2. The topological polar surface area (TPSA) is 55.7 Å². The Balaban J connectivity index is 1.32. The van der Waals surface area contributed by atoms with E-state index >= 15 is 0 Å². The number of carbonyl (C=O) groups excluding carboxylic acids is 1. The number of hydrogen-bond acceptors (Lipinski definition) is 4. The van der Waals surface area contributed by atoms with Crippen molar-refractivity contribution in [1.29, 1.82) is 0 Å². The first-order valence-electron chi connectivity index (χ1n) is 8.79. The van der Waals surface area contributed by atoms with Crippen LogP contribution in [0.15, 0.2) is 36.5 Å². The highest BCUT2D eigenvalue weighted by Gasteiger charge is 2.23. The molecule has 0 radical (unpaired) electrons. The highest BCUT2D eigenvalue weighted by Crippen LogP contribution is 2.32. The molecule has 1 amide bonds. The standard InChI is InChI=1S/C19H23N3O3/c1-14-16-3-2-7-22(16)10-9-21(14)8-6-19(23)20-15-4-5-17-18(13-15)25-12-11-24-17/h2-5,7,13-14H,6,8-12H2,1H3,(H,20,23)/t14-/m1/s1. The molecule has 6 nitrogen and oxygen atoms in total. The van der Waals surface area contributed by atoms with Crippen LogP contribution in [0.2, 0.25) is 0 Å². The third-order valence-corrected chi connectivity index (χ3v) is 4.92. The van der Waals surface area contributed by atoms with Crippen LogP contribution in [0, 0.1) is 0 Å².